The highest BCUT2D eigenvalue weighted by atomic mass is 16.2. The number of nitrogens with zero attached hydrogens (tertiary/aromatic N) is 1. The first-order chi connectivity index (χ1) is 9.12. The van der Waals surface area contributed by atoms with E-state index in [2.05, 4.69) is 37.4 Å². The predicted octanol–water partition coefficient (Wildman–Crippen LogP) is 2.42. The molecule has 0 aliphatic carbocycles. The number of rotatable bonds is 1. The summed E-state index contributed by atoms with van der Waals surface area (Å²) in [5.41, 5.74) is 3.33. The summed E-state index contributed by atoms with van der Waals surface area (Å²) < 4.78 is 0. The highest BCUT2D eigenvalue weighted by Gasteiger charge is 2.40. The molecule has 1 saturated heterocycles. The second kappa shape index (κ2) is 4.64. The summed E-state index contributed by atoms with van der Waals surface area (Å²) >= 11 is 0. The van der Waals surface area contributed by atoms with Crippen LogP contribution in [0, 0.1) is 6.92 Å². The fourth-order valence-corrected chi connectivity index (χ4v) is 3.43. The van der Waals surface area contributed by atoms with Gasteiger partial charge in [-0.25, -0.2) is 0 Å². The normalized spacial score (nSPS) is 26.3. The van der Waals surface area contributed by atoms with Crippen LogP contribution in [0.25, 0.3) is 0 Å². The Bertz CT molecular complexity index is 503. The van der Waals surface area contributed by atoms with E-state index in [0.717, 1.165) is 44.5 Å². The van der Waals surface area contributed by atoms with Gasteiger partial charge in [0.25, 0.3) is 0 Å². The van der Waals surface area contributed by atoms with Crippen molar-refractivity contribution in [1.82, 2.24) is 5.32 Å². The molecule has 1 aromatic rings. The molecule has 2 aliphatic rings. The molecule has 1 aromatic carbocycles. The number of anilines is 1. The lowest BCUT2D eigenvalue weighted by molar-refractivity contribution is -0.123. The Labute approximate surface area is 115 Å². The highest BCUT2D eigenvalue weighted by Crippen LogP contribution is 2.33. The molecule has 3 rings (SSSR count). The minimum atomic E-state index is -0.364. The van der Waals surface area contributed by atoms with Crippen molar-refractivity contribution >= 4 is 11.6 Å². The van der Waals surface area contributed by atoms with Gasteiger partial charge in [0.15, 0.2) is 0 Å². The zero-order valence-electron chi connectivity index (χ0n) is 11.8. The van der Waals surface area contributed by atoms with E-state index in [9.17, 15) is 4.79 Å². The first-order valence-corrected chi connectivity index (χ1v) is 7.27. The van der Waals surface area contributed by atoms with Crippen molar-refractivity contribution in [3.63, 3.8) is 0 Å². The van der Waals surface area contributed by atoms with Gasteiger partial charge < -0.3 is 10.2 Å². The van der Waals surface area contributed by atoms with Gasteiger partial charge in [0.2, 0.25) is 5.91 Å². The maximum atomic E-state index is 12.9. The van der Waals surface area contributed by atoms with Crippen molar-refractivity contribution in [2.45, 2.75) is 45.1 Å². The molecule has 0 aromatic heterocycles. The van der Waals surface area contributed by atoms with Crippen LogP contribution in [0.15, 0.2) is 18.2 Å². The summed E-state index contributed by atoms with van der Waals surface area (Å²) in [5, 5.41) is 3.39. The number of carbonyl (C=O) groups is 1. The number of carbonyl (C=O) groups excluding carboxylic acids is 1. The van der Waals surface area contributed by atoms with Crippen molar-refractivity contribution in [3.8, 4) is 0 Å². The van der Waals surface area contributed by atoms with Crippen LogP contribution >= 0.6 is 0 Å². The lowest BCUT2D eigenvalue weighted by atomic mass is 9.93. The van der Waals surface area contributed by atoms with Crippen LogP contribution in [-0.2, 0) is 11.2 Å². The SMILES string of the molecule is Cc1cccc2c1N(C(=O)C1(C)CCCN1)CCC2. The number of aryl methyl sites for hydroxylation is 2. The fourth-order valence-electron chi connectivity index (χ4n) is 3.43. The van der Waals surface area contributed by atoms with Crippen LogP contribution in [0.4, 0.5) is 5.69 Å². The van der Waals surface area contributed by atoms with E-state index in [4.69, 9.17) is 0 Å². The van der Waals surface area contributed by atoms with Crippen molar-refractivity contribution < 1.29 is 4.79 Å². The third kappa shape index (κ3) is 2.06. The summed E-state index contributed by atoms with van der Waals surface area (Å²) in [6.45, 7) is 5.97. The first-order valence-electron chi connectivity index (χ1n) is 7.27. The molecule has 1 N–H and O–H groups in total. The smallest absolute Gasteiger partial charge is 0.247 e. The minimum absolute atomic E-state index is 0.250. The summed E-state index contributed by atoms with van der Waals surface area (Å²) in [6, 6.07) is 6.36. The number of nitrogens with one attached hydrogen (secondary N) is 1. The number of amides is 1. The van der Waals surface area contributed by atoms with Crippen molar-refractivity contribution in [1.29, 1.82) is 0 Å². The lowest BCUT2D eigenvalue weighted by Crippen LogP contribution is -2.54. The van der Waals surface area contributed by atoms with Gasteiger partial charge in [-0.2, -0.15) is 0 Å². The van der Waals surface area contributed by atoms with Gasteiger partial charge in [-0.05, 0) is 57.2 Å². The second-order valence-corrected chi connectivity index (χ2v) is 6.01. The molecule has 1 atom stereocenters. The average Bonchev–Trinajstić information content (AvgIpc) is 2.86. The van der Waals surface area contributed by atoms with Crippen molar-refractivity contribution in [2.24, 2.45) is 0 Å². The minimum Gasteiger partial charge on any atom is -0.310 e. The van der Waals surface area contributed by atoms with Gasteiger partial charge in [0.1, 0.15) is 0 Å². The lowest BCUT2D eigenvalue weighted by Gasteiger charge is -2.36. The Balaban J connectivity index is 1.97. The Morgan fingerprint density at radius 3 is 2.95 bits per heavy atom. The standard InChI is InChI=1S/C16H22N2O/c1-12-6-3-7-13-8-4-11-18(14(12)13)15(19)16(2)9-5-10-17-16/h3,6-7,17H,4-5,8-11H2,1-2H3. The van der Waals surface area contributed by atoms with E-state index in [1.807, 2.05) is 4.90 Å². The monoisotopic (exact) mass is 258 g/mol. The Kier molecular flexibility index (Phi) is 3.09. The van der Waals surface area contributed by atoms with Gasteiger partial charge in [0, 0.05) is 12.2 Å². The number of para-hydroxylation sites is 1. The topological polar surface area (TPSA) is 32.3 Å². The number of benzene rings is 1. The summed E-state index contributed by atoms with van der Waals surface area (Å²) in [5.74, 6) is 0.250. The largest absolute Gasteiger partial charge is 0.310 e. The molecule has 0 saturated carbocycles. The first kappa shape index (κ1) is 12.7. The van der Waals surface area contributed by atoms with Crippen LogP contribution in [-0.4, -0.2) is 24.5 Å². The molecular weight excluding hydrogens is 236 g/mol. The maximum absolute atomic E-state index is 12.9. The van der Waals surface area contributed by atoms with Gasteiger partial charge in [-0.3, -0.25) is 4.79 Å². The number of hydrogen-bond acceptors (Lipinski definition) is 2. The van der Waals surface area contributed by atoms with E-state index < -0.39 is 0 Å². The molecule has 0 radical (unpaired) electrons. The van der Waals surface area contributed by atoms with Crippen LogP contribution < -0.4 is 10.2 Å². The highest BCUT2D eigenvalue weighted by molar-refractivity contribution is 6.01. The van der Waals surface area contributed by atoms with E-state index in [1.54, 1.807) is 0 Å². The molecule has 3 heteroatoms. The van der Waals surface area contributed by atoms with E-state index in [0.29, 0.717) is 0 Å². The third-order valence-electron chi connectivity index (χ3n) is 4.50. The van der Waals surface area contributed by atoms with Crippen LogP contribution in [0.5, 0.6) is 0 Å². The molecule has 3 nitrogen and oxygen atoms in total. The fraction of sp³-hybridized carbons (Fsp3) is 0.562. The summed E-state index contributed by atoms with van der Waals surface area (Å²) in [7, 11) is 0. The maximum Gasteiger partial charge on any atom is 0.247 e. The van der Waals surface area contributed by atoms with Crippen molar-refractivity contribution in [2.75, 3.05) is 18.0 Å². The van der Waals surface area contributed by atoms with E-state index in [-0.39, 0.29) is 11.4 Å². The molecule has 102 valence electrons. The zero-order valence-corrected chi connectivity index (χ0v) is 11.8. The number of fused-ring (bicyclic) bond motifs is 1. The van der Waals surface area contributed by atoms with Gasteiger partial charge in [-0.15, -0.1) is 0 Å². The quantitative estimate of drug-likeness (QED) is 0.839. The molecule has 19 heavy (non-hydrogen) atoms. The predicted molar refractivity (Wildman–Crippen MR) is 77.5 cm³/mol. The third-order valence-corrected chi connectivity index (χ3v) is 4.50. The molecule has 1 amide bonds. The Morgan fingerprint density at radius 2 is 2.21 bits per heavy atom. The van der Waals surface area contributed by atoms with E-state index in [1.165, 1.54) is 11.1 Å². The molecule has 0 bridgehead atoms. The molecule has 2 heterocycles. The van der Waals surface area contributed by atoms with Gasteiger partial charge in [-0.1, -0.05) is 18.2 Å². The molecular formula is C16H22N2O. The summed E-state index contributed by atoms with van der Waals surface area (Å²) in [6.07, 6.45) is 4.20. The Hall–Kier alpha value is -1.35. The number of hydrogen-bond donors (Lipinski definition) is 1. The van der Waals surface area contributed by atoms with E-state index >= 15 is 0 Å². The van der Waals surface area contributed by atoms with Gasteiger partial charge >= 0.3 is 0 Å². The molecule has 1 unspecified atom stereocenters. The Morgan fingerprint density at radius 1 is 1.37 bits per heavy atom. The average molecular weight is 258 g/mol. The second-order valence-electron chi connectivity index (χ2n) is 6.01. The molecule has 1 fully saturated rings. The summed E-state index contributed by atoms with van der Waals surface area (Å²) in [4.78, 5) is 14.9. The zero-order chi connectivity index (χ0) is 13.5. The molecule has 0 spiro atoms. The van der Waals surface area contributed by atoms with Crippen LogP contribution in [0.2, 0.25) is 0 Å². The van der Waals surface area contributed by atoms with Crippen LogP contribution in [0.3, 0.4) is 0 Å². The molecule has 2 aliphatic heterocycles. The van der Waals surface area contributed by atoms with Crippen molar-refractivity contribution in [3.05, 3.63) is 29.3 Å². The van der Waals surface area contributed by atoms with Crippen LogP contribution in [0.1, 0.15) is 37.3 Å². The van der Waals surface area contributed by atoms with Gasteiger partial charge in [0.05, 0.1) is 5.54 Å².